The van der Waals surface area contributed by atoms with Crippen molar-refractivity contribution in [2.24, 2.45) is 34.5 Å². The van der Waals surface area contributed by atoms with Gasteiger partial charge in [0.1, 0.15) is 19.3 Å². The Balaban J connectivity index is 1.39. The third-order valence-corrected chi connectivity index (χ3v) is 11.4. The van der Waals surface area contributed by atoms with E-state index in [0.29, 0.717) is 18.3 Å². The molecule has 4 saturated carbocycles. The molecule has 9 atom stereocenters. The quantitative estimate of drug-likeness (QED) is 0.408. The fourth-order valence-corrected chi connectivity index (χ4v) is 9.49. The summed E-state index contributed by atoms with van der Waals surface area (Å²) in [6.45, 7) is 5.92. The number of aliphatic hydroxyl groups excluding tert-OH is 1. The summed E-state index contributed by atoms with van der Waals surface area (Å²) in [4.78, 5) is 38.2. The van der Waals surface area contributed by atoms with Crippen LogP contribution in [-0.2, 0) is 23.8 Å². The molecular formula is C29H43NO8. The van der Waals surface area contributed by atoms with E-state index in [9.17, 15) is 19.5 Å². The normalized spacial score (nSPS) is 43.7. The van der Waals surface area contributed by atoms with Crippen LogP contribution >= 0.6 is 0 Å². The second-order valence-electron chi connectivity index (χ2n) is 12.9. The van der Waals surface area contributed by atoms with Crippen molar-refractivity contribution < 1.29 is 38.8 Å². The molecule has 0 radical (unpaired) electrons. The molecule has 0 unspecified atom stereocenters. The Morgan fingerprint density at radius 1 is 1.16 bits per heavy atom. The van der Waals surface area contributed by atoms with Crippen molar-refractivity contribution >= 4 is 18.0 Å². The maximum absolute atomic E-state index is 12.6. The number of aliphatic hydroxyl groups is 2. The van der Waals surface area contributed by atoms with Crippen LogP contribution in [0.5, 0.6) is 0 Å². The maximum atomic E-state index is 12.6. The van der Waals surface area contributed by atoms with E-state index in [-0.39, 0.29) is 61.1 Å². The van der Waals surface area contributed by atoms with E-state index in [4.69, 9.17) is 19.3 Å². The topological polar surface area (TPSA) is 123 Å². The highest BCUT2D eigenvalue weighted by atomic mass is 16.6. The van der Waals surface area contributed by atoms with Crippen LogP contribution in [-0.4, -0.2) is 77.8 Å². The molecule has 0 aromatic carbocycles. The first kappa shape index (κ1) is 27.4. The molecule has 9 nitrogen and oxygen atoms in total. The highest BCUT2D eigenvalue weighted by molar-refractivity contribution is 5.85. The zero-order valence-electron chi connectivity index (χ0n) is 23.1. The zero-order chi connectivity index (χ0) is 27.5. The summed E-state index contributed by atoms with van der Waals surface area (Å²) >= 11 is 0. The van der Waals surface area contributed by atoms with Crippen molar-refractivity contribution in [1.82, 2.24) is 4.90 Å². The van der Waals surface area contributed by atoms with Crippen molar-refractivity contribution in [3.05, 3.63) is 11.6 Å². The third-order valence-electron chi connectivity index (χ3n) is 11.4. The van der Waals surface area contributed by atoms with Crippen LogP contribution in [0.2, 0.25) is 0 Å². The molecule has 9 heteroatoms. The number of nitrogens with zero attached hydrogens (tertiary/aromatic N) is 1. The van der Waals surface area contributed by atoms with Gasteiger partial charge in [-0.3, -0.25) is 4.79 Å². The van der Waals surface area contributed by atoms with Crippen molar-refractivity contribution in [3.8, 4) is 0 Å². The Kier molecular flexibility index (Phi) is 7.08. The summed E-state index contributed by atoms with van der Waals surface area (Å²) in [6, 6.07) is 0.101. The number of hydrogen-bond donors (Lipinski definition) is 2. The largest absolute Gasteiger partial charge is 0.462 e. The Hall–Kier alpha value is -2.13. The van der Waals surface area contributed by atoms with Crippen LogP contribution < -0.4 is 0 Å². The molecule has 0 saturated heterocycles. The van der Waals surface area contributed by atoms with E-state index in [1.165, 1.54) is 13.0 Å². The molecule has 0 aromatic rings. The van der Waals surface area contributed by atoms with Crippen molar-refractivity contribution in [3.63, 3.8) is 0 Å². The summed E-state index contributed by atoms with van der Waals surface area (Å²) in [5.74, 6) is -0.141. The first-order chi connectivity index (χ1) is 17.9. The molecule has 1 aliphatic heterocycles. The van der Waals surface area contributed by atoms with E-state index in [1.807, 2.05) is 0 Å². The molecule has 38 heavy (non-hydrogen) atoms. The molecule has 4 aliphatic carbocycles. The fourth-order valence-electron chi connectivity index (χ4n) is 9.49. The minimum absolute atomic E-state index is 0.00462. The molecule has 5 rings (SSSR count). The number of fused-ring (bicyclic) bond motifs is 5. The van der Waals surface area contributed by atoms with Gasteiger partial charge in [-0.05, 0) is 73.7 Å². The molecule has 4 fully saturated rings. The third kappa shape index (κ3) is 4.15. The van der Waals surface area contributed by atoms with E-state index >= 15 is 0 Å². The smallest absolute Gasteiger partial charge is 0.409 e. The number of carbonyl (C=O) groups excluding carboxylic acids is 3. The van der Waals surface area contributed by atoms with Gasteiger partial charge in [-0.2, -0.15) is 0 Å². The molecule has 2 N–H and O–H groups in total. The first-order valence-corrected chi connectivity index (χ1v) is 14.2. The Morgan fingerprint density at radius 3 is 2.58 bits per heavy atom. The highest BCUT2D eigenvalue weighted by Crippen LogP contribution is 2.70. The predicted octanol–water partition coefficient (Wildman–Crippen LogP) is 3.21. The van der Waals surface area contributed by atoms with Crippen molar-refractivity contribution in [1.29, 1.82) is 0 Å². The number of carbonyl (C=O) groups is 3. The number of rotatable bonds is 5. The van der Waals surface area contributed by atoms with Crippen molar-refractivity contribution in [2.75, 3.05) is 26.9 Å². The van der Waals surface area contributed by atoms with E-state index in [0.717, 1.165) is 50.5 Å². The Bertz CT molecular complexity index is 1010. The van der Waals surface area contributed by atoms with Gasteiger partial charge in [0.05, 0.1) is 12.2 Å². The number of esters is 2. The molecule has 0 aromatic heterocycles. The summed E-state index contributed by atoms with van der Waals surface area (Å²) < 4.78 is 16.2. The van der Waals surface area contributed by atoms with Crippen LogP contribution in [0.3, 0.4) is 0 Å². The van der Waals surface area contributed by atoms with Crippen LogP contribution in [0.25, 0.3) is 0 Å². The summed E-state index contributed by atoms with van der Waals surface area (Å²) in [7, 11) is 1.79. The lowest BCUT2D eigenvalue weighted by molar-refractivity contribution is -0.206. The average Bonchev–Trinajstić information content (AvgIpc) is 3.38. The minimum Gasteiger partial charge on any atom is -0.462 e. The fraction of sp³-hybridized carbons (Fsp3) is 0.828. The van der Waals surface area contributed by atoms with E-state index < -0.39 is 17.1 Å². The highest BCUT2D eigenvalue weighted by Gasteiger charge is 2.71. The monoisotopic (exact) mass is 533 g/mol. The zero-order valence-corrected chi connectivity index (χ0v) is 23.1. The van der Waals surface area contributed by atoms with Gasteiger partial charge in [0, 0.05) is 43.8 Å². The first-order valence-electron chi connectivity index (χ1n) is 14.2. The van der Waals surface area contributed by atoms with Gasteiger partial charge >= 0.3 is 18.0 Å². The van der Waals surface area contributed by atoms with Gasteiger partial charge in [-0.1, -0.05) is 13.8 Å². The standard InChI is InChI=1S/C29H43NO8/c1-17(32)38-23-15-29(35)22-6-5-19-14-20(30(4)26(34)36-12-11-31)7-9-27(19,2)21(22)8-10-28(29,3)25(23)18-13-24(33)37-16-18/h13,19-23,25,31,35H,5-12,14-16H2,1-4H3/t19-,20+,21+,22-,23+,25+,27+,28-,29+/m1/s1. The van der Waals surface area contributed by atoms with Crippen LogP contribution in [0.15, 0.2) is 11.6 Å². The summed E-state index contributed by atoms with van der Waals surface area (Å²) in [5, 5.41) is 21.6. The van der Waals surface area contributed by atoms with Gasteiger partial charge in [-0.15, -0.1) is 0 Å². The number of cyclic esters (lactones) is 1. The number of amides is 1. The molecule has 1 heterocycles. The maximum Gasteiger partial charge on any atom is 0.409 e. The van der Waals surface area contributed by atoms with Gasteiger partial charge in [0.25, 0.3) is 0 Å². The van der Waals surface area contributed by atoms with Crippen LogP contribution in [0.4, 0.5) is 4.79 Å². The molecule has 212 valence electrons. The minimum atomic E-state index is -1.01. The lowest BCUT2D eigenvalue weighted by atomic mass is 9.43. The lowest BCUT2D eigenvalue weighted by Crippen LogP contribution is -2.62. The molecule has 5 aliphatic rings. The average molecular weight is 534 g/mol. The predicted molar refractivity (Wildman–Crippen MR) is 137 cm³/mol. The van der Waals surface area contributed by atoms with E-state index in [2.05, 4.69) is 13.8 Å². The molecule has 1 amide bonds. The van der Waals surface area contributed by atoms with Gasteiger partial charge in [0.15, 0.2) is 0 Å². The second kappa shape index (κ2) is 9.81. The van der Waals surface area contributed by atoms with Crippen molar-refractivity contribution in [2.45, 2.75) is 89.9 Å². The molecular weight excluding hydrogens is 490 g/mol. The summed E-state index contributed by atoms with van der Waals surface area (Å²) in [6.07, 6.45) is 7.41. The van der Waals surface area contributed by atoms with Gasteiger partial charge in [-0.25, -0.2) is 9.59 Å². The Labute approximate surface area is 224 Å². The number of ether oxygens (including phenoxy) is 3. The lowest BCUT2D eigenvalue weighted by Gasteiger charge is -2.63. The number of hydrogen-bond acceptors (Lipinski definition) is 8. The van der Waals surface area contributed by atoms with Crippen LogP contribution in [0, 0.1) is 34.5 Å². The SMILES string of the molecule is CC(=O)O[C@H]1C[C@]2(O)[C@@H]3CC[C@@H]4C[C@@H](N(C)C(=O)OCCO)CC[C@]4(C)[C@H]3CC[C@]2(C)[C@H]1C1=CC(=O)OC1. The Morgan fingerprint density at radius 2 is 1.92 bits per heavy atom. The van der Waals surface area contributed by atoms with Gasteiger partial charge < -0.3 is 29.3 Å². The van der Waals surface area contributed by atoms with E-state index in [1.54, 1.807) is 11.9 Å². The molecule has 0 spiro atoms. The molecule has 0 bridgehead atoms. The summed E-state index contributed by atoms with van der Waals surface area (Å²) in [5.41, 5.74) is -0.657. The second-order valence-corrected chi connectivity index (χ2v) is 12.9. The van der Waals surface area contributed by atoms with Gasteiger partial charge in [0.2, 0.25) is 0 Å². The van der Waals surface area contributed by atoms with Crippen LogP contribution in [0.1, 0.15) is 72.1 Å².